The minimum absolute atomic E-state index is 0.145. The van der Waals surface area contributed by atoms with E-state index >= 15 is 0 Å². The molecule has 3 rings (SSSR count). The first-order valence-electron chi connectivity index (χ1n) is 7.73. The Bertz CT molecular complexity index is 667. The highest BCUT2D eigenvalue weighted by molar-refractivity contribution is 7.07. The van der Waals surface area contributed by atoms with Crippen LogP contribution in [0.4, 0.5) is 11.4 Å². The minimum atomic E-state index is -0.353. The second-order valence-corrected chi connectivity index (χ2v) is 6.65. The third-order valence-corrected chi connectivity index (χ3v) is 4.87. The number of nitrogens with one attached hydrogen (secondary N) is 1. The van der Waals surface area contributed by atoms with Gasteiger partial charge in [-0.1, -0.05) is 0 Å². The second kappa shape index (κ2) is 7.06. The van der Waals surface area contributed by atoms with Gasteiger partial charge in [0.2, 0.25) is 0 Å². The zero-order valence-corrected chi connectivity index (χ0v) is 13.9. The van der Waals surface area contributed by atoms with Crippen LogP contribution in [-0.4, -0.2) is 33.9 Å². The van der Waals surface area contributed by atoms with Gasteiger partial charge in [-0.2, -0.15) is 0 Å². The Morgan fingerprint density at radius 1 is 1.43 bits per heavy atom. The SMILES string of the molecule is Cc1cc([N+](=O)[O-])ccc1NC1CCN(Cc2cscn2)CC1. The molecular formula is C16H20N4O2S. The van der Waals surface area contributed by atoms with E-state index in [2.05, 4.69) is 20.6 Å². The van der Waals surface area contributed by atoms with Gasteiger partial charge < -0.3 is 5.32 Å². The van der Waals surface area contributed by atoms with Crippen LogP contribution in [0, 0.1) is 17.0 Å². The lowest BCUT2D eigenvalue weighted by Gasteiger charge is -2.32. The molecule has 0 bridgehead atoms. The third-order valence-electron chi connectivity index (χ3n) is 4.24. The van der Waals surface area contributed by atoms with E-state index in [-0.39, 0.29) is 10.6 Å². The number of hydrogen-bond acceptors (Lipinski definition) is 6. The van der Waals surface area contributed by atoms with E-state index in [4.69, 9.17) is 0 Å². The van der Waals surface area contributed by atoms with Crippen molar-refractivity contribution < 1.29 is 4.92 Å². The maximum Gasteiger partial charge on any atom is 0.269 e. The molecule has 1 aliphatic rings. The van der Waals surface area contributed by atoms with Crippen LogP contribution >= 0.6 is 11.3 Å². The Morgan fingerprint density at radius 2 is 2.22 bits per heavy atom. The number of thiazole rings is 1. The summed E-state index contributed by atoms with van der Waals surface area (Å²) in [5, 5.41) is 16.4. The van der Waals surface area contributed by atoms with Crippen LogP contribution in [0.2, 0.25) is 0 Å². The molecule has 0 atom stereocenters. The average molecular weight is 332 g/mol. The van der Waals surface area contributed by atoms with Crippen molar-refractivity contribution in [3.05, 3.63) is 50.5 Å². The van der Waals surface area contributed by atoms with E-state index in [0.717, 1.165) is 49.4 Å². The Hall–Kier alpha value is -1.99. The van der Waals surface area contributed by atoms with Gasteiger partial charge >= 0.3 is 0 Å². The number of aryl methyl sites for hydroxylation is 1. The molecule has 1 aliphatic heterocycles. The topological polar surface area (TPSA) is 71.3 Å². The van der Waals surface area contributed by atoms with Crippen molar-refractivity contribution >= 4 is 22.7 Å². The molecule has 1 fully saturated rings. The van der Waals surface area contributed by atoms with E-state index < -0.39 is 0 Å². The summed E-state index contributed by atoms with van der Waals surface area (Å²) in [6, 6.07) is 5.42. The molecule has 1 aromatic heterocycles. The first kappa shape index (κ1) is 15.9. The van der Waals surface area contributed by atoms with Crippen LogP contribution < -0.4 is 5.32 Å². The van der Waals surface area contributed by atoms with Crippen LogP contribution in [0.25, 0.3) is 0 Å². The average Bonchev–Trinajstić information content (AvgIpc) is 3.04. The highest BCUT2D eigenvalue weighted by Crippen LogP contribution is 2.24. The summed E-state index contributed by atoms with van der Waals surface area (Å²) in [6.45, 7) is 4.92. The zero-order chi connectivity index (χ0) is 16.2. The molecule has 122 valence electrons. The van der Waals surface area contributed by atoms with Crippen molar-refractivity contribution in [1.82, 2.24) is 9.88 Å². The molecule has 1 N–H and O–H groups in total. The van der Waals surface area contributed by atoms with Gasteiger partial charge in [0.05, 0.1) is 16.1 Å². The maximum atomic E-state index is 10.8. The molecule has 23 heavy (non-hydrogen) atoms. The molecule has 1 saturated heterocycles. The van der Waals surface area contributed by atoms with Crippen molar-refractivity contribution in [2.75, 3.05) is 18.4 Å². The highest BCUT2D eigenvalue weighted by atomic mass is 32.1. The number of rotatable bonds is 5. The van der Waals surface area contributed by atoms with Gasteiger partial charge in [-0.3, -0.25) is 15.0 Å². The normalized spacial score (nSPS) is 16.4. The molecule has 2 aromatic rings. The number of aromatic nitrogens is 1. The summed E-state index contributed by atoms with van der Waals surface area (Å²) in [5.41, 5.74) is 5.08. The quantitative estimate of drug-likeness (QED) is 0.671. The number of likely N-dealkylation sites (tertiary alicyclic amines) is 1. The summed E-state index contributed by atoms with van der Waals surface area (Å²) in [6.07, 6.45) is 2.14. The molecule has 1 aromatic carbocycles. The van der Waals surface area contributed by atoms with Crippen molar-refractivity contribution in [2.24, 2.45) is 0 Å². The number of piperidine rings is 1. The van der Waals surface area contributed by atoms with Gasteiger partial charge in [-0.25, -0.2) is 4.98 Å². The standard InChI is InChI=1S/C16H20N4O2S/c1-12-8-15(20(21)22)2-3-16(12)18-13-4-6-19(7-5-13)9-14-10-23-11-17-14/h2-3,8,10-11,13,18H,4-7,9H2,1H3. The van der Waals surface area contributed by atoms with Gasteiger partial charge in [0.15, 0.2) is 0 Å². The maximum absolute atomic E-state index is 10.8. The summed E-state index contributed by atoms with van der Waals surface area (Å²) in [4.78, 5) is 17.2. The molecule has 6 nitrogen and oxygen atoms in total. The molecule has 0 spiro atoms. The van der Waals surface area contributed by atoms with Crippen LogP contribution in [0.3, 0.4) is 0 Å². The molecule has 7 heteroatoms. The van der Waals surface area contributed by atoms with Gasteiger partial charge in [0, 0.05) is 48.9 Å². The second-order valence-electron chi connectivity index (χ2n) is 5.93. The Morgan fingerprint density at radius 3 is 2.83 bits per heavy atom. The lowest BCUT2D eigenvalue weighted by molar-refractivity contribution is -0.384. The molecule has 0 radical (unpaired) electrons. The third kappa shape index (κ3) is 4.05. The molecule has 0 amide bonds. The monoisotopic (exact) mass is 332 g/mol. The molecule has 0 unspecified atom stereocenters. The number of nitro groups is 1. The van der Waals surface area contributed by atoms with Crippen molar-refractivity contribution in [1.29, 1.82) is 0 Å². The lowest BCUT2D eigenvalue weighted by Crippen LogP contribution is -2.38. The fraction of sp³-hybridized carbons (Fsp3) is 0.438. The fourth-order valence-electron chi connectivity index (χ4n) is 2.92. The van der Waals surface area contributed by atoms with Crippen molar-refractivity contribution in [2.45, 2.75) is 32.4 Å². The summed E-state index contributed by atoms with van der Waals surface area (Å²) >= 11 is 1.64. The Kier molecular flexibility index (Phi) is 4.88. The molecule has 0 aliphatic carbocycles. The van der Waals surface area contributed by atoms with Gasteiger partial charge in [0.25, 0.3) is 5.69 Å². The molecular weight excluding hydrogens is 312 g/mol. The zero-order valence-electron chi connectivity index (χ0n) is 13.1. The predicted octanol–water partition coefficient (Wildman–Crippen LogP) is 3.44. The minimum Gasteiger partial charge on any atom is -0.382 e. The van der Waals surface area contributed by atoms with Crippen LogP contribution in [0.15, 0.2) is 29.1 Å². The van der Waals surface area contributed by atoms with Crippen LogP contribution in [0.1, 0.15) is 24.1 Å². The van der Waals surface area contributed by atoms with Gasteiger partial charge in [-0.05, 0) is 31.4 Å². The predicted molar refractivity (Wildman–Crippen MR) is 91.9 cm³/mol. The highest BCUT2D eigenvalue weighted by Gasteiger charge is 2.20. The summed E-state index contributed by atoms with van der Waals surface area (Å²) in [5.74, 6) is 0. The number of nitrogens with zero attached hydrogens (tertiary/aromatic N) is 3. The Labute approximate surface area is 139 Å². The smallest absolute Gasteiger partial charge is 0.269 e. The van der Waals surface area contributed by atoms with Gasteiger partial charge in [0.1, 0.15) is 0 Å². The number of benzene rings is 1. The number of non-ortho nitro benzene ring substituents is 1. The fourth-order valence-corrected chi connectivity index (χ4v) is 3.47. The number of anilines is 1. The Balaban J connectivity index is 1.53. The summed E-state index contributed by atoms with van der Waals surface area (Å²) in [7, 11) is 0. The van der Waals surface area contributed by atoms with E-state index in [1.54, 1.807) is 23.5 Å². The van der Waals surface area contributed by atoms with E-state index in [1.165, 1.54) is 0 Å². The molecule has 0 saturated carbocycles. The first-order chi connectivity index (χ1) is 11.1. The summed E-state index contributed by atoms with van der Waals surface area (Å²) < 4.78 is 0. The number of nitro benzene ring substituents is 1. The van der Waals surface area contributed by atoms with Crippen LogP contribution in [0.5, 0.6) is 0 Å². The number of hydrogen-bond donors (Lipinski definition) is 1. The largest absolute Gasteiger partial charge is 0.382 e. The van der Waals surface area contributed by atoms with E-state index in [0.29, 0.717) is 6.04 Å². The first-order valence-corrected chi connectivity index (χ1v) is 8.67. The lowest BCUT2D eigenvalue weighted by atomic mass is 10.0. The van der Waals surface area contributed by atoms with Crippen molar-refractivity contribution in [3.63, 3.8) is 0 Å². The van der Waals surface area contributed by atoms with E-state index in [9.17, 15) is 10.1 Å². The molecule has 2 heterocycles. The van der Waals surface area contributed by atoms with Crippen LogP contribution in [-0.2, 0) is 6.54 Å². The van der Waals surface area contributed by atoms with Gasteiger partial charge in [-0.15, -0.1) is 11.3 Å². The van der Waals surface area contributed by atoms with E-state index in [1.807, 2.05) is 18.5 Å². The van der Waals surface area contributed by atoms with Crippen molar-refractivity contribution in [3.8, 4) is 0 Å².